The molecule has 0 saturated carbocycles. The zero-order chi connectivity index (χ0) is 13.0. The Morgan fingerprint density at radius 1 is 0.944 bits per heavy atom. The molecule has 0 N–H and O–H groups in total. The minimum absolute atomic E-state index is 0.268. The molecule has 0 amide bonds. The first kappa shape index (κ1) is 12.7. The molecule has 0 spiro atoms. The van der Waals surface area contributed by atoms with Crippen LogP contribution in [0.15, 0.2) is 42.5 Å². The lowest BCUT2D eigenvalue weighted by Gasteiger charge is -2.13. The van der Waals surface area contributed by atoms with Crippen molar-refractivity contribution >= 4 is 0 Å². The summed E-state index contributed by atoms with van der Waals surface area (Å²) in [5.74, 6) is 0.892. The molecule has 2 heteroatoms. The highest BCUT2D eigenvalue weighted by Crippen LogP contribution is 2.33. The number of aryl methyl sites for hydroxylation is 2. The summed E-state index contributed by atoms with van der Waals surface area (Å²) in [7, 11) is 1.63. The Morgan fingerprint density at radius 2 is 1.67 bits per heavy atom. The van der Waals surface area contributed by atoms with Crippen LogP contribution in [0.2, 0.25) is 0 Å². The van der Waals surface area contributed by atoms with Gasteiger partial charge in [-0.15, -0.1) is 0 Å². The maximum Gasteiger partial charge on any atom is 0.188 e. The van der Waals surface area contributed by atoms with E-state index in [1.807, 2.05) is 19.1 Å². The van der Waals surface area contributed by atoms with E-state index in [9.17, 15) is 0 Å². The molecule has 0 aliphatic heterocycles. The molecule has 18 heavy (non-hydrogen) atoms. The predicted octanol–water partition coefficient (Wildman–Crippen LogP) is 3.95. The van der Waals surface area contributed by atoms with Gasteiger partial charge < -0.3 is 9.47 Å². The van der Waals surface area contributed by atoms with Gasteiger partial charge in [0.15, 0.2) is 6.79 Å². The summed E-state index contributed by atoms with van der Waals surface area (Å²) in [6.07, 6.45) is 0. The highest BCUT2D eigenvalue weighted by Gasteiger charge is 2.08. The number of hydrogen-bond acceptors (Lipinski definition) is 2. The zero-order valence-corrected chi connectivity index (χ0v) is 11.1. The van der Waals surface area contributed by atoms with Crippen LogP contribution >= 0.6 is 0 Å². The lowest BCUT2D eigenvalue weighted by molar-refractivity contribution is 0.0510. The molecule has 2 nitrogen and oxygen atoms in total. The number of rotatable bonds is 4. The quantitative estimate of drug-likeness (QED) is 0.756. The maximum absolute atomic E-state index is 5.68. The Kier molecular flexibility index (Phi) is 4.00. The van der Waals surface area contributed by atoms with Gasteiger partial charge in [0.05, 0.1) is 0 Å². The minimum Gasteiger partial charge on any atom is -0.467 e. The summed E-state index contributed by atoms with van der Waals surface area (Å²) in [4.78, 5) is 0. The molecule has 0 unspecified atom stereocenters. The molecule has 0 fully saturated rings. The molecular weight excluding hydrogens is 224 g/mol. The topological polar surface area (TPSA) is 18.5 Å². The first-order valence-corrected chi connectivity index (χ1v) is 6.01. The van der Waals surface area contributed by atoms with Gasteiger partial charge in [0.2, 0.25) is 0 Å². The smallest absolute Gasteiger partial charge is 0.188 e. The summed E-state index contributed by atoms with van der Waals surface area (Å²) in [6, 6.07) is 14.6. The molecule has 0 radical (unpaired) electrons. The summed E-state index contributed by atoms with van der Waals surface area (Å²) < 4.78 is 10.7. The third-order valence-corrected chi connectivity index (χ3v) is 2.90. The zero-order valence-electron chi connectivity index (χ0n) is 11.1. The van der Waals surface area contributed by atoms with Gasteiger partial charge in [-0.05, 0) is 25.0 Å². The van der Waals surface area contributed by atoms with E-state index in [1.54, 1.807) is 7.11 Å². The fourth-order valence-electron chi connectivity index (χ4n) is 1.92. The van der Waals surface area contributed by atoms with Gasteiger partial charge in [-0.1, -0.05) is 48.0 Å². The molecule has 2 rings (SSSR count). The maximum atomic E-state index is 5.68. The molecule has 2 aromatic rings. The van der Waals surface area contributed by atoms with Crippen LogP contribution in [0.4, 0.5) is 0 Å². The summed E-state index contributed by atoms with van der Waals surface area (Å²) in [5.41, 5.74) is 4.64. The van der Waals surface area contributed by atoms with E-state index in [1.165, 1.54) is 5.56 Å². The van der Waals surface area contributed by atoms with Crippen molar-refractivity contribution in [1.82, 2.24) is 0 Å². The highest BCUT2D eigenvalue weighted by atomic mass is 16.7. The highest BCUT2D eigenvalue weighted by molar-refractivity contribution is 5.72. The number of methoxy groups -OCH3 is 1. The molecule has 94 valence electrons. The molecule has 0 saturated heterocycles. The molecule has 2 aromatic carbocycles. The molecule has 0 aliphatic carbocycles. The van der Waals surface area contributed by atoms with Crippen molar-refractivity contribution < 1.29 is 9.47 Å². The van der Waals surface area contributed by atoms with Crippen LogP contribution in [-0.2, 0) is 4.74 Å². The normalized spacial score (nSPS) is 10.4. The van der Waals surface area contributed by atoms with E-state index >= 15 is 0 Å². The standard InChI is InChI=1S/C16H18O2/c1-12-7-9-14(10-8-12)15-6-4-5-13(2)16(15)18-11-17-3/h4-10H,11H2,1-3H3. The molecular formula is C16H18O2. The molecule has 0 atom stereocenters. The third-order valence-electron chi connectivity index (χ3n) is 2.90. The lowest BCUT2D eigenvalue weighted by atomic mass is 10.0. The van der Waals surface area contributed by atoms with Crippen molar-refractivity contribution in [2.75, 3.05) is 13.9 Å². The van der Waals surface area contributed by atoms with Crippen LogP contribution < -0.4 is 4.74 Å². The molecule has 0 aromatic heterocycles. The largest absolute Gasteiger partial charge is 0.467 e. The van der Waals surface area contributed by atoms with E-state index in [0.717, 1.165) is 22.4 Å². The van der Waals surface area contributed by atoms with Gasteiger partial charge in [0, 0.05) is 12.7 Å². The van der Waals surface area contributed by atoms with Crippen molar-refractivity contribution in [3.63, 3.8) is 0 Å². The second-order valence-electron chi connectivity index (χ2n) is 4.37. The number of hydrogen-bond donors (Lipinski definition) is 0. The number of ether oxygens (including phenoxy) is 2. The predicted molar refractivity (Wildman–Crippen MR) is 73.9 cm³/mol. The van der Waals surface area contributed by atoms with Crippen molar-refractivity contribution in [2.45, 2.75) is 13.8 Å². The Labute approximate surface area is 108 Å². The van der Waals surface area contributed by atoms with Gasteiger partial charge in [0.1, 0.15) is 5.75 Å². The van der Waals surface area contributed by atoms with Crippen molar-refractivity contribution in [2.24, 2.45) is 0 Å². The van der Waals surface area contributed by atoms with E-state index in [2.05, 4.69) is 37.3 Å². The number of para-hydroxylation sites is 1. The Hall–Kier alpha value is -1.80. The fourth-order valence-corrected chi connectivity index (χ4v) is 1.92. The van der Waals surface area contributed by atoms with Crippen molar-refractivity contribution in [1.29, 1.82) is 0 Å². The van der Waals surface area contributed by atoms with Crippen LogP contribution in [0.25, 0.3) is 11.1 Å². The van der Waals surface area contributed by atoms with Gasteiger partial charge in [-0.25, -0.2) is 0 Å². The summed E-state index contributed by atoms with van der Waals surface area (Å²) in [5, 5.41) is 0. The minimum atomic E-state index is 0.268. The molecule has 0 aliphatic rings. The average molecular weight is 242 g/mol. The lowest BCUT2D eigenvalue weighted by Crippen LogP contribution is -2.01. The van der Waals surface area contributed by atoms with E-state index in [0.29, 0.717) is 0 Å². The van der Waals surface area contributed by atoms with Crippen molar-refractivity contribution in [3.05, 3.63) is 53.6 Å². The SMILES string of the molecule is COCOc1c(C)cccc1-c1ccc(C)cc1. The number of benzene rings is 2. The first-order valence-electron chi connectivity index (χ1n) is 6.01. The van der Waals surface area contributed by atoms with Gasteiger partial charge in [-0.2, -0.15) is 0 Å². The Morgan fingerprint density at radius 3 is 2.33 bits per heavy atom. The van der Waals surface area contributed by atoms with Crippen LogP contribution in [-0.4, -0.2) is 13.9 Å². The Bertz CT molecular complexity index is 515. The van der Waals surface area contributed by atoms with Gasteiger partial charge >= 0.3 is 0 Å². The third kappa shape index (κ3) is 2.71. The summed E-state index contributed by atoms with van der Waals surface area (Å²) in [6.45, 7) is 4.40. The van der Waals surface area contributed by atoms with Crippen LogP contribution in [0.3, 0.4) is 0 Å². The van der Waals surface area contributed by atoms with Crippen LogP contribution in [0.1, 0.15) is 11.1 Å². The average Bonchev–Trinajstić information content (AvgIpc) is 2.38. The Balaban J connectivity index is 2.43. The van der Waals surface area contributed by atoms with Crippen molar-refractivity contribution in [3.8, 4) is 16.9 Å². The van der Waals surface area contributed by atoms with Crippen LogP contribution in [0.5, 0.6) is 5.75 Å². The first-order chi connectivity index (χ1) is 8.72. The second-order valence-corrected chi connectivity index (χ2v) is 4.37. The summed E-state index contributed by atoms with van der Waals surface area (Å²) >= 11 is 0. The van der Waals surface area contributed by atoms with Crippen LogP contribution in [0, 0.1) is 13.8 Å². The van der Waals surface area contributed by atoms with E-state index < -0.39 is 0 Å². The van der Waals surface area contributed by atoms with Gasteiger partial charge in [0.25, 0.3) is 0 Å². The monoisotopic (exact) mass is 242 g/mol. The second kappa shape index (κ2) is 5.69. The van der Waals surface area contributed by atoms with E-state index in [4.69, 9.17) is 9.47 Å². The fraction of sp³-hybridized carbons (Fsp3) is 0.250. The van der Waals surface area contributed by atoms with Gasteiger partial charge in [-0.3, -0.25) is 0 Å². The molecule has 0 heterocycles. The van der Waals surface area contributed by atoms with E-state index in [-0.39, 0.29) is 6.79 Å². The molecule has 0 bridgehead atoms.